The van der Waals surface area contributed by atoms with Gasteiger partial charge in [0.1, 0.15) is 5.54 Å². The van der Waals surface area contributed by atoms with Gasteiger partial charge in [-0.05, 0) is 5.92 Å². The first kappa shape index (κ1) is 8.04. The van der Waals surface area contributed by atoms with E-state index in [-0.39, 0.29) is 18.2 Å². The van der Waals surface area contributed by atoms with Crippen molar-refractivity contribution in [1.82, 2.24) is 5.32 Å². The van der Waals surface area contributed by atoms with Crippen molar-refractivity contribution in [3.05, 3.63) is 0 Å². The number of primary amides is 1. The summed E-state index contributed by atoms with van der Waals surface area (Å²) >= 11 is 0. The number of hydrogen-bond acceptors (Lipinski definition) is 2. The quantitative estimate of drug-likeness (QED) is 0.523. The van der Waals surface area contributed by atoms with Crippen LogP contribution in [0.4, 0.5) is 0 Å². The van der Waals surface area contributed by atoms with Crippen LogP contribution in [0.2, 0.25) is 0 Å². The number of amides is 2. The number of hydrogen-bond donors (Lipinski definition) is 2. The fourth-order valence-corrected chi connectivity index (χ4v) is 1.27. The first-order chi connectivity index (χ1) is 4.99. The minimum atomic E-state index is -0.767. The lowest BCUT2D eigenvalue weighted by molar-refractivity contribution is -0.145. The maximum atomic E-state index is 10.9. The Morgan fingerprint density at radius 3 is 2.27 bits per heavy atom. The second-order valence-electron chi connectivity index (χ2n) is 3.22. The van der Waals surface area contributed by atoms with Gasteiger partial charge >= 0.3 is 0 Å². The molecule has 0 aromatic rings. The van der Waals surface area contributed by atoms with Crippen molar-refractivity contribution < 1.29 is 9.59 Å². The molecule has 62 valence electrons. The molecule has 1 aliphatic rings. The molecule has 1 aliphatic heterocycles. The highest BCUT2D eigenvalue weighted by molar-refractivity contribution is 6.00. The molecule has 1 atom stereocenters. The van der Waals surface area contributed by atoms with Crippen molar-refractivity contribution in [1.29, 1.82) is 0 Å². The zero-order chi connectivity index (χ0) is 8.65. The zero-order valence-electron chi connectivity index (χ0n) is 6.68. The van der Waals surface area contributed by atoms with Gasteiger partial charge in [-0.3, -0.25) is 9.59 Å². The summed E-state index contributed by atoms with van der Waals surface area (Å²) in [6.45, 7) is 3.73. The van der Waals surface area contributed by atoms with Gasteiger partial charge in [0.25, 0.3) is 0 Å². The molecule has 1 heterocycles. The van der Waals surface area contributed by atoms with Crippen molar-refractivity contribution in [2.45, 2.75) is 25.8 Å². The monoisotopic (exact) mass is 156 g/mol. The van der Waals surface area contributed by atoms with Crippen LogP contribution in [0, 0.1) is 5.92 Å². The molecule has 0 spiro atoms. The summed E-state index contributed by atoms with van der Waals surface area (Å²) in [5, 5.41) is 2.54. The lowest BCUT2D eigenvalue weighted by atomic mass is 9.77. The second-order valence-corrected chi connectivity index (χ2v) is 3.22. The molecule has 0 aromatic heterocycles. The summed E-state index contributed by atoms with van der Waals surface area (Å²) in [5.41, 5.74) is 4.38. The molecule has 2 amide bonds. The average Bonchev–Trinajstić information content (AvgIpc) is 1.78. The molecular formula is C7H12N2O2. The molecule has 0 saturated carbocycles. The van der Waals surface area contributed by atoms with Gasteiger partial charge in [0.05, 0.1) is 6.42 Å². The number of β-lactam (4-membered cyclic amide) rings is 1. The largest absolute Gasteiger partial charge is 0.368 e. The Morgan fingerprint density at radius 2 is 2.18 bits per heavy atom. The Balaban J connectivity index is 2.76. The molecule has 11 heavy (non-hydrogen) atoms. The Hall–Kier alpha value is -1.06. The average molecular weight is 156 g/mol. The van der Waals surface area contributed by atoms with Gasteiger partial charge in [-0.1, -0.05) is 13.8 Å². The van der Waals surface area contributed by atoms with E-state index in [1.807, 2.05) is 13.8 Å². The van der Waals surface area contributed by atoms with E-state index in [1.165, 1.54) is 0 Å². The highest BCUT2D eigenvalue weighted by Gasteiger charge is 2.50. The van der Waals surface area contributed by atoms with E-state index < -0.39 is 11.4 Å². The van der Waals surface area contributed by atoms with E-state index in [0.29, 0.717) is 0 Å². The maximum absolute atomic E-state index is 10.9. The molecule has 4 heteroatoms. The Kier molecular flexibility index (Phi) is 1.62. The predicted molar refractivity (Wildman–Crippen MR) is 39.5 cm³/mol. The van der Waals surface area contributed by atoms with Crippen LogP contribution in [0.15, 0.2) is 0 Å². The number of carbonyl (C=O) groups excluding carboxylic acids is 2. The summed E-state index contributed by atoms with van der Waals surface area (Å²) in [6.07, 6.45) is 0.236. The van der Waals surface area contributed by atoms with Crippen LogP contribution in [0.5, 0.6) is 0 Å². The van der Waals surface area contributed by atoms with Gasteiger partial charge in [0.2, 0.25) is 11.8 Å². The third-order valence-electron chi connectivity index (χ3n) is 2.23. The third-order valence-corrected chi connectivity index (χ3v) is 2.23. The van der Waals surface area contributed by atoms with Crippen LogP contribution in [-0.4, -0.2) is 17.4 Å². The van der Waals surface area contributed by atoms with Gasteiger partial charge in [0.15, 0.2) is 0 Å². The standard InChI is InChI=1S/C7H12N2O2/c1-4(2)7(6(8)11)3-5(10)9-7/h4H,3H2,1-2H3,(H2,8,11)(H,9,10). The van der Waals surface area contributed by atoms with Gasteiger partial charge in [-0.15, -0.1) is 0 Å². The first-order valence-electron chi connectivity index (χ1n) is 3.60. The fraction of sp³-hybridized carbons (Fsp3) is 0.714. The minimum absolute atomic E-state index is 0.0673. The van der Waals surface area contributed by atoms with Crippen molar-refractivity contribution in [3.63, 3.8) is 0 Å². The van der Waals surface area contributed by atoms with E-state index in [4.69, 9.17) is 5.73 Å². The second kappa shape index (κ2) is 2.22. The van der Waals surface area contributed by atoms with Gasteiger partial charge in [-0.25, -0.2) is 0 Å². The van der Waals surface area contributed by atoms with Crippen LogP contribution in [0.1, 0.15) is 20.3 Å². The van der Waals surface area contributed by atoms with E-state index in [0.717, 1.165) is 0 Å². The summed E-state index contributed by atoms with van der Waals surface area (Å²) in [4.78, 5) is 21.5. The highest BCUT2D eigenvalue weighted by Crippen LogP contribution is 2.27. The molecule has 0 radical (unpaired) electrons. The predicted octanol–water partition coefficient (Wildman–Crippen LogP) is -0.614. The van der Waals surface area contributed by atoms with E-state index in [9.17, 15) is 9.59 Å². The molecular weight excluding hydrogens is 144 g/mol. The van der Waals surface area contributed by atoms with Gasteiger partial charge < -0.3 is 11.1 Å². The summed E-state index contributed by atoms with van der Waals surface area (Å²) in [7, 11) is 0. The zero-order valence-corrected chi connectivity index (χ0v) is 6.68. The molecule has 0 aromatic carbocycles. The lowest BCUT2D eigenvalue weighted by Gasteiger charge is -2.42. The van der Waals surface area contributed by atoms with Crippen molar-refractivity contribution in [3.8, 4) is 0 Å². The number of carbonyl (C=O) groups is 2. The highest BCUT2D eigenvalue weighted by atomic mass is 16.2. The normalized spacial score (nSPS) is 29.5. The topological polar surface area (TPSA) is 72.2 Å². The smallest absolute Gasteiger partial charge is 0.243 e. The van der Waals surface area contributed by atoms with Gasteiger partial charge in [0, 0.05) is 0 Å². The molecule has 1 saturated heterocycles. The molecule has 0 aliphatic carbocycles. The van der Waals surface area contributed by atoms with Crippen LogP contribution in [-0.2, 0) is 9.59 Å². The number of nitrogens with two attached hydrogens (primary N) is 1. The molecule has 1 rings (SSSR count). The van der Waals surface area contributed by atoms with Crippen molar-refractivity contribution in [2.75, 3.05) is 0 Å². The Morgan fingerprint density at radius 1 is 1.73 bits per heavy atom. The fourth-order valence-electron chi connectivity index (χ4n) is 1.27. The number of rotatable bonds is 2. The lowest BCUT2D eigenvalue weighted by Crippen LogP contribution is -2.70. The van der Waals surface area contributed by atoms with E-state index >= 15 is 0 Å². The van der Waals surface area contributed by atoms with Crippen molar-refractivity contribution >= 4 is 11.8 Å². The number of nitrogens with one attached hydrogen (secondary N) is 1. The summed E-state index contributed by atoms with van der Waals surface area (Å²) in [5.74, 6) is -0.470. The SMILES string of the molecule is CC(C)C1(C(N)=O)CC(=O)N1. The maximum Gasteiger partial charge on any atom is 0.243 e. The van der Waals surface area contributed by atoms with Crippen LogP contribution < -0.4 is 11.1 Å². The Labute approximate surface area is 65.1 Å². The molecule has 0 bridgehead atoms. The molecule has 3 N–H and O–H groups in total. The Bertz CT molecular complexity index is 202. The van der Waals surface area contributed by atoms with Gasteiger partial charge in [-0.2, -0.15) is 0 Å². The molecule has 4 nitrogen and oxygen atoms in total. The third kappa shape index (κ3) is 0.982. The van der Waals surface area contributed by atoms with Crippen LogP contribution >= 0.6 is 0 Å². The molecule has 1 unspecified atom stereocenters. The summed E-state index contributed by atoms with van der Waals surface area (Å²) < 4.78 is 0. The van der Waals surface area contributed by atoms with E-state index in [1.54, 1.807) is 0 Å². The summed E-state index contributed by atoms with van der Waals surface area (Å²) in [6, 6.07) is 0. The van der Waals surface area contributed by atoms with E-state index in [2.05, 4.69) is 5.32 Å². The van der Waals surface area contributed by atoms with Crippen LogP contribution in [0.25, 0.3) is 0 Å². The van der Waals surface area contributed by atoms with Crippen molar-refractivity contribution in [2.24, 2.45) is 11.7 Å². The molecule has 1 fully saturated rings. The minimum Gasteiger partial charge on any atom is -0.368 e. The first-order valence-corrected chi connectivity index (χ1v) is 3.60. The van der Waals surface area contributed by atoms with Crippen LogP contribution in [0.3, 0.4) is 0 Å².